The lowest BCUT2D eigenvalue weighted by Crippen LogP contribution is -2.35. The predicted molar refractivity (Wildman–Crippen MR) is 84.4 cm³/mol. The van der Waals surface area contributed by atoms with Crippen LogP contribution < -0.4 is 10.6 Å². The standard InChI is InChI=1S/C15H27N5/c1-5-20(6-2)10-11(3)17-14-9-13(16-4)18-15(19-14)12-7-8-12/h9,11-12H,5-8,10H2,1-4H3,(H2,16,17,18,19). The summed E-state index contributed by atoms with van der Waals surface area (Å²) in [5, 5.41) is 6.63. The molecule has 0 amide bonds. The number of anilines is 2. The molecule has 1 heterocycles. The number of aromatic nitrogens is 2. The van der Waals surface area contributed by atoms with Gasteiger partial charge in [0.25, 0.3) is 0 Å². The monoisotopic (exact) mass is 277 g/mol. The van der Waals surface area contributed by atoms with Crippen molar-refractivity contribution in [2.45, 2.75) is 45.6 Å². The van der Waals surface area contributed by atoms with Gasteiger partial charge in [-0.3, -0.25) is 0 Å². The third kappa shape index (κ3) is 4.07. The maximum Gasteiger partial charge on any atom is 0.136 e. The van der Waals surface area contributed by atoms with Crippen LogP contribution in [0.15, 0.2) is 6.07 Å². The molecule has 0 spiro atoms. The van der Waals surface area contributed by atoms with E-state index in [0.29, 0.717) is 12.0 Å². The van der Waals surface area contributed by atoms with Crippen LogP contribution in [0.25, 0.3) is 0 Å². The molecule has 1 aromatic heterocycles. The van der Waals surface area contributed by atoms with Crippen LogP contribution in [-0.4, -0.2) is 47.6 Å². The highest BCUT2D eigenvalue weighted by molar-refractivity contribution is 5.48. The first kappa shape index (κ1) is 15.0. The number of hydrogen-bond donors (Lipinski definition) is 2. The molecule has 2 N–H and O–H groups in total. The zero-order valence-corrected chi connectivity index (χ0v) is 13.1. The topological polar surface area (TPSA) is 53.1 Å². The van der Waals surface area contributed by atoms with Crippen molar-refractivity contribution in [3.8, 4) is 0 Å². The molecule has 1 aromatic rings. The van der Waals surface area contributed by atoms with E-state index in [0.717, 1.165) is 37.1 Å². The van der Waals surface area contributed by atoms with Gasteiger partial charge in [-0.05, 0) is 32.9 Å². The zero-order chi connectivity index (χ0) is 14.5. The summed E-state index contributed by atoms with van der Waals surface area (Å²) >= 11 is 0. The summed E-state index contributed by atoms with van der Waals surface area (Å²) in [6.45, 7) is 9.81. The molecule has 1 aliphatic rings. The third-order valence-electron chi connectivity index (χ3n) is 3.76. The maximum absolute atomic E-state index is 4.66. The fourth-order valence-electron chi connectivity index (χ4n) is 2.36. The first-order chi connectivity index (χ1) is 9.66. The Morgan fingerprint density at radius 1 is 1.25 bits per heavy atom. The van der Waals surface area contributed by atoms with E-state index in [4.69, 9.17) is 0 Å². The summed E-state index contributed by atoms with van der Waals surface area (Å²) < 4.78 is 0. The third-order valence-corrected chi connectivity index (χ3v) is 3.76. The highest BCUT2D eigenvalue weighted by Gasteiger charge is 2.27. The minimum absolute atomic E-state index is 0.376. The van der Waals surface area contributed by atoms with Gasteiger partial charge in [0, 0.05) is 31.6 Å². The Bertz CT molecular complexity index is 426. The minimum Gasteiger partial charge on any atom is -0.373 e. The summed E-state index contributed by atoms with van der Waals surface area (Å²) in [7, 11) is 1.90. The second kappa shape index (κ2) is 6.88. The van der Waals surface area contributed by atoms with Gasteiger partial charge in [-0.15, -0.1) is 0 Å². The van der Waals surface area contributed by atoms with Crippen LogP contribution in [0.4, 0.5) is 11.6 Å². The van der Waals surface area contributed by atoms with Crippen molar-refractivity contribution in [1.29, 1.82) is 0 Å². The van der Waals surface area contributed by atoms with Gasteiger partial charge in [0.05, 0.1) is 0 Å². The molecule has 1 fully saturated rings. The lowest BCUT2D eigenvalue weighted by atomic mass is 10.3. The van der Waals surface area contributed by atoms with Crippen molar-refractivity contribution in [2.75, 3.05) is 37.3 Å². The Morgan fingerprint density at radius 2 is 1.90 bits per heavy atom. The molecule has 1 unspecified atom stereocenters. The lowest BCUT2D eigenvalue weighted by Gasteiger charge is -2.24. The lowest BCUT2D eigenvalue weighted by molar-refractivity contribution is 0.294. The van der Waals surface area contributed by atoms with Crippen LogP contribution in [0.3, 0.4) is 0 Å². The number of rotatable bonds is 8. The molecule has 1 atom stereocenters. The van der Waals surface area contributed by atoms with Gasteiger partial charge in [0.15, 0.2) is 0 Å². The average molecular weight is 277 g/mol. The summed E-state index contributed by atoms with van der Waals surface area (Å²) in [6, 6.07) is 2.37. The Morgan fingerprint density at radius 3 is 2.45 bits per heavy atom. The van der Waals surface area contributed by atoms with Crippen molar-refractivity contribution in [3.05, 3.63) is 11.9 Å². The minimum atomic E-state index is 0.376. The maximum atomic E-state index is 4.66. The van der Waals surface area contributed by atoms with Crippen LogP contribution >= 0.6 is 0 Å². The Hall–Kier alpha value is -1.36. The van der Waals surface area contributed by atoms with E-state index in [9.17, 15) is 0 Å². The molecule has 1 saturated carbocycles. The molecule has 0 aliphatic heterocycles. The number of likely N-dealkylation sites (N-methyl/N-ethyl adjacent to an activating group) is 1. The van der Waals surface area contributed by atoms with Gasteiger partial charge in [0.2, 0.25) is 0 Å². The van der Waals surface area contributed by atoms with Crippen LogP contribution in [0.1, 0.15) is 45.4 Å². The van der Waals surface area contributed by atoms with Gasteiger partial charge in [-0.1, -0.05) is 13.8 Å². The van der Waals surface area contributed by atoms with E-state index in [1.54, 1.807) is 0 Å². The summed E-state index contributed by atoms with van der Waals surface area (Å²) in [5.74, 6) is 3.39. The van der Waals surface area contributed by atoms with Gasteiger partial charge in [0.1, 0.15) is 17.5 Å². The van der Waals surface area contributed by atoms with E-state index < -0.39 is 0 Å². The van der Waals surface area contributed by atoms with E-state index >= 15 is 0 Å². The van der Waals surface area contributed by atoms with Crippen LogP contribution in [0.2, 0.25) is 0 Å². The van der Waals surface area contributed by atoms with Crippen molar-refractivity contribution in [2.24, 2.45) is 0 Å². The normalized spacial score (nSPS) is 16.2. The Labute approximate surface area is 122 Å². The second-order valence-corrected chi connectivity index (χ2v) is 5.55. The van der Waals surface area contributed by atoms with E-state index in [1.807, 2.05) is 13.1 Å². The Kier molecular flexibility index (Phi) is 5.17. The van der Waals surface area contributed by atoms with Crippen molar-refractivity contribution in [3.63, 3.8) is 0 Å². The summed E-state index contributed by atoms with van der Waals surface area (Å²) in [6.07, 6.45) is 2.45. The van der Waals surface area contributed by atoms with Crippen LogP contribution in [0.5, 0.6) is 0 Å². The molecule has 0 radical (unpaired) electrons. The van der Waals surface area contributed by atoms with Crippen molar-refractivity contribution < 1.29 is 0 Å². The molecular weight excluding hydrogens is 250 g/mol. The SMILES string of the molecule is CCN(CC)CC(C)Nc1cc(NC)nc(C2CC2)n1. The quantitative estimate of drug-likeness (QED) is 0.765. The fraction of sp³-hybridized carbons (Fsp3) is 0.733. The Balaban J connectivity index is 2.02. The molecule has 0 saturated heterocycles. The van der Waals surface area contributed by atoms with Gasteiger partial charge < -0.3 is 15.5 Å². The van der Waals surface area contributed by atoms with E-state index in [-0.39, 0.29) is 0 Å². The molecule has 0 bridgehead atoms. The van der Waals surface area contributed by atoms with Crippen LogP contribution in [0, 0.1) is 0 Å². The van der Waals surface area contributed by atoms with Gasteiger partial charge >= 0.3 is 0 Å². The number of nitrogens with zero attached hydrogens (tertiary/aromatic N) is 3. The smallest absolute Gasteiger partial charge is 0.136 e. The molecule has 1 aliphatic carbocycles. The van der Waals surface area contributed by atoms with Gasteiger partial charge in [-0.25, -0.2) is 9.97 Å². The molecule has 112 valence electrons. The fourth-order valence-corrected chi connectivity index (χ4v) is 2.36. The van der Waals surface area contributed by atoms with Crippen molar-refractivity contribution >= 4 is 11.6 Å². The van der Waals surface area contributed by atoms with E-state index in [2.05, 4.69) is 46.3 Å². The summed E-state index contributed by atoms with van der Waals surface area (Å²) in [4.78, 5) is 11.6. The highest BCUT2D eigenvalue weighted by atomic mass is 15.2. The van der Waals surface area contributed by atoms with Crippen LogP contribution in [-0.2, 0) is 0 Å². The second-order valence-electron chi connectivity index (χ2n) is 5.55. The largest absolute Gasteiger partial charge is 0.373 e. The van der Waals surface area contributed by atoms with E-state index in [1.165, 1.54) is 12.8 Å². The molecule has 20 heavy (non-hydrogen) atoms. The number of hydrogen-bond acceptors (Lipinski definition) is 5. The average Bonchev–Trinajstić information content (AvgIpc) is 3.28. The molecule has 2 rings (SSSR count). The molecular formula is C15H27N5. The molecule has 5 heteroatoms. The molecule has 0 aromatic carbocycles. The van der Waals surface area contributed by atoms with Gasteiger partial charge in [-0.2, -0.15) is 0 Å². The predicted octanol–water partition coefficient (Wildman–Crippen LogP) is 2.54. The number of nitrogens with one attached hydrogen (secondary N) is 2. The molecule has 5 nitrogen and oxygen atoms in total. The summed E-state index contributed by atoms with van der Waals surface area (Å²) in [5.41, 5.74) is 0. The first-order valence-electron chi connectivity index (χ1n) is 7.71. The first-order valence-corrected chi connectivity index (χ1v) is 7.71. The highest BCUT2D eigenvalue weighted by Crippen LogP contribution is 2.38. The zero-order valence-electron chi connectivity index (χ0n) is 13.1. The van der Waals surface area contributed by atoms with Crippen molar-refractivity contribution in [1.82, 2.24) is 14.9 Å².